The fourth-order valence-corrected chi connectivity index (χ4v) is 4.46. The zero-order chi connectivity index (χ0) is 14.9. The van der Waals surface area contributed by atoms with Crippen molar-refractivity contribution in [2.45, 2.75) is 37.8 Å². The average Bonchev–Trinajstić information content (AvgIpc) is 2.84. The van der Waals surface area contributed by atoms with Crippen LogP contribution in [-0.2, 0) is 16.6 Å². The van der Waals surface area contributed by atoms with Crippen LogP contribution in [-0.4, -0.2) is 46.5 Å². The number of nitrogens with zero attached hydrogens (tertiary/aromatic N) is 1. The van der Waals surface area contributed by atoms with Gasteiger partial charge in [0.2, 0.25) is 10.0 Å². The Hall–Kier alpha value is -0.890. The molecule has 0 radical (unpaired) electrons. The number of furan rings is 1. The highest BCUT2D eigenvalue weighted by Gasteiger charge is 2.30. The van der Waals surface area contributed by atoms with Gasteiger partial charge in [0, 0.05) is 24.7 Å². The average molecular weight is 301 g/mol. The van der Waals surface area contributed by atoms with Gasteiger partial charge in [0.15, 0.2) is 0 Å². The van der Waals surface area contributed by atoms with Crippen molar-refractivity contribution < 1.29 is 12.8 Å². The minimum absolute atomic E-state index is 0.0259. The van der Waals surface area contributed by atoms with E-state index in [-0.39, 0.29) is 6.04 Å². The zero-order valence-corrected chi connectivity index (χ0v) is 13.3. The second kappa shape index (κ2) is 5.85. The fraction of sp³-hybridized carbons (Fsp3) is 0.692. The fourth-order valence-electron chi connectivity index (χ4n) is 2.75. The Morgan fingerprint density at radius 3 is 2.60 bits per heavy atom. The van der Waals surface area contributed by atoms with E-state index >= 15 is 0 Å². The number of aryl methyl sites for hydroxylation is 2. The van der Waals surface area contributed by atoms with E-state index < -0.39 is 10.0 Å². The van der Waals surface area contributed by atoms with Gasteiger partial charge in [-0.2, -0.15) is 0 Å². The number of rotatable bonds is 5. The topological polar surface area (TPSA) is 74.6 Å². The van der Waals surface area contributed by atoms with Crippen LogP contribution in [0.5, 0.6) is 0 Å². The van der Waals surface area contributed by atoms with Crippen LogP contribution in [0.1, 0.15) is 23.5 Å². The Balaban J connectivity index is 2.29. The van der Waals surface area contributed by atoms with Gasteiger partial charge in [0.25, 0.3) is 0 Å². The molecule has 2 rings (SSSR count). The molecule has 0 aromatic carbocycles. The third kappa shape index (κ3) is 3.06. The molecule has 0 spiro atoms. The van der Waals surface area contributed by atoms with Crippen molar-refractivity contribution in [1.82, 2.24) is 14.9 Å². The SMILES string of the molecule is CNCc1c(C)oc(C)c1S(=O)(=O)NC1CCN(C)C1. The van der Waals surface area contributed by atoms with Gasteiger partial charge in [-0.15, -0.1) is 0 Å². The molecule has 0 saturated carbocycles. The molecule has 2 heterocycles. The van der Waals surface area contributed by atoms with Crippen molar-refractivity contribution in [1.29, 1.82) is 0 Å². The summed E-state index contributed by atoms with van der Waals surface area (Å²) in [5.41, 5.74) is 0.712. The maximum Gasteiger partial charge on any atom is 0.244 e. The highest BCUT2D eigenvalue weighted by atomic mass is 32.2. The molecule has 0 amide bonds. The lowest BCUT2D eigenvalue weighted by Gasteiger charge is -2.14. The molecule has 1 atom stereocenters. The number of hydrogen-bond donors (Lipinski definition) is 2. The minimum Gasteiger partial charge on any atom is -0.465 e. The van der Waals surface area contributed by atoms with Crippen LogP contribution in [0.2, 0.25) is 0 Å². The van der Waals surface area contributed by atoms with Crippen molar-refractivity contribution in [2.75, 3.05) is 27.2 Å². The van der Waals surface area contributed by atoms with Gasteiger partial charge in [-0.1, -0.05) is 0 Å². The maximum atomic E-state index is 12.6. The highest BCUT2D eigenvalue weighted by Crippen LogP contribution is 2.27. The van der Waals surface area contributed by atoms with E-state index in [1.807, 2.05) is 7.05 Å². The number of sulfonamides is 1. The van der Waals surface area contributed by atoms with Crippen molar-refractivity contribution in [2.24, 2.45) is 0 Å². The van der Waals surface area contributed by atoms with E-state index in [9.17, 15) is 8.42 Å². The van der Waals surface area contributed by atoms with Crippen LogP contribution in [0.3, 0.4) is 0 Å². The predicted molar refractivity (Wildman–Crippen MR) is 77.2 cm³/mol. The second-order valence-electron chi connectivity index (χ2n) is 5.42. The smallest absolute Gasteiger partial charge is 0.244 e. The summed E-state index contributed by atoms with van der Waals surface area (Å²) in [5, 5.41) is 2.99. The van der Waals surface area contributed by atoms with Crippen LogP contribution >= 0.6 is 0 Å². The van der Waals surface area contributed by atoms with Gasteiger partial charge < -0.3 is 14.6 Å². The quantitative estimate of drug-likeness (QED) is 0.833. The Morgan fingerprint density at radius 2 is 2.05 bits per heavy atom. The largest absolute Gasteiger partial charge is 0.465 e. The molecule has 6 nitrogen and oxygen atoms in total. The summed E-state index contributed by atoms with van der Waals surface area (Å²) in [5.74, 6) is 1.10. The number of likely N-dealkylation sites (N-methyl/N-ethyl adjacent to an activating group) is 1. The first-order valence-corrected chi connectivity index (χ1v) is 8.27. The summed E-state index contributed by atoms with van der Waals surface area (Å²) in [6, 6.07) is -0.0259. The molecule has 1 aliphatic rings. The molecule has 1 saturated heterocycles. The number of nitrogens with one attached hydrogen (secondary N) is 2. The summed E-state index contributed by atoms with van der Waals surface area (Å²) in [7, 11) is 0.243. The third-order valence-corrected chi connectivity index (χ3v) is 5.38. The third-order valence-electron chi connectivity index (χ3n) is 3.66. The Labute approximate surface area is 120 Å². The summed E-state index contributed by atoms with van der Waals surface area (Å²) in [6.45, 7) is 5.63. The molecule has 20 heavy (non-hydrogen) atoms. The van der Waals surface area contributed by atoms with E-state index in [0.29, 0.717) is 28.5 Å². The molecule has 0 bridgehead atoms. The Bertz CT molecular complexity index is 580. The summed E-state index contributed by atoms with van der Waals surface area (Å²) < 4.78 is 33.5. The molecule has 1 unspecified atom stereocenters. The molecule has 0 aliphatic carbocycles. The summed E-state index contributed by atoms with van der Waals surface area (Å²) in [6.07, 6.45) is 0.840. The predicted octanol–water partition coefficient (Wildman–Crippen LogP) is 0.598. The van der Waals surface area contributed by atoms with E-state index in [1.54, 1.807) is 20.9 Å². The molecule has 1 aromatic rings. The maximum absolute atomic E-state index is 12.6. The second-order valence-corrected chi connectivity index (χ2v) is 7.07. The highest BCUT2D eigenvalue weighted by molar-refractivity contribution is 7.89. The van der Waals surface area contributed by atoms with E-state index in [2.05, 4.69) is 14.9 Å². The van der Waals surface area contributed by atoms with Crippen molar-refractivity contribution >= 4 is 10.0 Å². The van der Waals surface area contributed by atoms with Gasteiger partial charge in [-0.25, -0.2) is 13.1 Å². The van der Waals surface area contributed by atoms with E-state index in [0.717, 1.165) is 19.5 Å². The molecular formula is C13H23N3O3S. The lowest BCUT2D eigenvalue weighted by molar-refractivity contribution is 0.407. The van der Waals surface area contributed by atoms with Crippen molar-refractivity contribution in [3.8, 4) is 0 Å². The van der Waals surface area contributed by atoms with Crippen molar-refractivity contribution in [3.05, 3.63) is 17.1 Å². The minimum atomic E-state index is -3.54. The summed E-state index contributed by atoms with van der Waals surface area (Å²) in [4.78, 5) is 2.41. The van der Waals surface area contributed by atoms with Gasteiger partial charge in [0.1, 0.15) is 16.4 Å². The Kier molecular flexibility index (Phi) is 4.53. The first-order valence-electron chi connectivity index (χ1n) is 6.79. The molecule has 114 valence electrons. The Morgan fingerprint density at radius 1 is 1.35 bits per heavy atom. The van der Waals surface area contributed by atoms with Crippen molar-refractivity contribution in [3.63, 3.8) is 0 Å². The molecule has 1 aliphatic heterocycles. The van der Waals surface area contributed by atoms with Crippen LogP contribution < -0.4 is 10.0 Å². The van der Waals surface area contributed by atoms with Crippen LogP contribution in [0.25, 0.3) is 0 Å². The molecule has 2 N–H and O–H groups in total. The van der Waals surface area contributed by atoms with Crippen LogP contribution in [0.15, 0.2) is 9.31 Å². The van der Waals surface area contributed by atoms with Gasteiger partial charge in [-0.05, 0) is 40.9 Å². The van der Waals surface area contributed by atoms with Gasteiger partial charge in [0.05, 0.1) is 0 Å². The standard InChI is InChI=1S/C13H23N3O3S/c1-9-12(7-14-3)13(10(2)19-9)20(17,18)15-11-5-6-16(4)8-11/h11,14-15H,5-8H2,1-4H3. The van der Waals surface area contributed by atoms with E-state index in [4.69, 9.17) is 4.42 Å². The van der Waals surface area contributed by atoms with Crippen LogP contribution in [0, 0.1) is 13.8 Å². The van der Waals surface area contributed by atoms with Gasteiger partial charge >= 0.3 is 0 Å². The monoisotopic (exact) mass is 301 g/mol. The molecule has 1 aromatic heterocycles. The lowest BCUT2D eigenvalue weighted by atomic mass is 10.2. The van der Waals surface area contributed by atoms with E-state index in [1.165, 1.54) is 0 Å². The first-order chi connectivity index (χ1) is 9.35. The van der Waals surface area contributed by atoms with Gasteiger partial charge in [-0.3, -0.25) is 0 Å². The molecule has 1 fully saturated rings. The molecule has 7 heteroatoms. The summed E-state index contributed by atoms with van der Waals surface area (Å²) >= 11 is 0. The van der Waals surface area contributed by atoms with Crippen LogP contribution in [0.4, 0.5) is 0 Å². The lowest BCUT2D eigenvalue weighted by Crippen LogP contribution is -2.37. The zero-order valence-electron chi connectivity index (χ0n) is 12.5. The first kappa shape index (κ1) is 15.5. The number of hydrogen-bond acceptors (Lipinski definition) is 5. The normalized spacial score (nSPS) is 20.7. The molecular weight excluding hydrogens is 278 g/mol. The number of likely N-dealkylation sites (tertiary alicyclic amines) is 1.